The Kier molecular flexibility index (Phi) is 5.60. The quantitative estimate of drug-likeness (QED) is 0.739. The zero-order chi connectivity index (χ0) is 14.5. The van der Waals surface area contributed by atoms with E-state index < -0.39 is 0 Å². The Morgan fingerprint density at radius 1 is 1.16 bits per heavy atom. The molecule has 1 aromatic carbocycles. The molecule has 0 fully saturated rings. The number of anilines is 1. The molecule has 0 saturated heterocycles. The van der Waals surface area contributed by atoms with E-state index in [0.29, 0.717) is 11.2 Å². The zero-order valence-electron chi connectivity index (χ0n) is 12.5. The molecule has 4 heteroatoms. The van der Waals surface area contributed by atoms with E-state index in [1.807, 2.05) is 0 Å². The highest BCUT2D eigenvalue weighted by molar-refractivity contribution is 7.80. The Hall–Kier alpha value is -1.29. The molecule has 0 aliphatic heterocycles. The second-order valence-corrected chi connectivity index (χ2v) is 6.46. The number of hydrogen-bond acceptors (Lipinski definition) is 2. The third-order valence-electron chi connectivity index (χ3n) is 2.35. The number of thiocarbonyl (C=S) groups is 1. The summed E-state index contributed by atoms with van der Waals surface area (Å²) in [5.74, 6) is 0. The lowest BCUT2D eigenvalue weighted by Gasteiger charge is -2.23. The predicted octanol–water partition coefficient (Wildman–Crippen LogP) is 3.27. The van der Waals surface area contributed by atoms with Crippen LogP contribution in [0, 0.1) is 0 Å². The molecular formula is C15H25N3S. The summed E-state index contributed by atoms with van der Waals surface area (Å²) in [6.07, 6.45) is 0. The van der Waals surface area contributed by atoms with Crippen molar-refractivity contribution in [3.63, 3.8) is 0 Å². The number of hydrogen-bond donors (Lipinski definition) is 3. The summed E-state index contributed by atoms with van der Waals surface area (Å²) in [7, 11) is 0. The molecule has 3 nitrogen and oxygen atoms in total. The molecule has 0 radical (unpaired) electrons. The summed E-state index contributed by atoms with van der Waals surface area (Å²) in [5.41, 5.74) is 2.36. The van der Waals surface area contributed by atoms with Gasteiger partial charge in [0.2, 0.25) is 0 Å². The van der Waals surface area contributed by atoms with Crippen molar-refractivity contribution in [1.29, 1.82) is 0 Å². The van der Waals surface area contributed by atoms with Gasteiger partial charge in [-0.1, -0.05) is 12.1 Å². The minimum Gasteiger partial charge on any atom is -0.383 e. The van der Waals surface area contributed by atoms with Crippen molar-refractivity contribution >= 4 is 23.0 Å². The molecule has 106 valence electrons. The largest absolute Gasteiger partial charge is 0.383 e. The summed E-state index contributed by atoms with van der Waals surface area (Å²) in [6, 6.07) is 8.86. The second kappa shape index (κ2) is 6.75. The van der Waals surface area contributed by atoms with Gasteiger partial charge >= 0.3 is 0 Å². The normalized spacial score (nSPS) is 11.3. The van der Waals surface area contributed by atoms with Crippen LogP contribution in [0.4, 0.5) is 5.69 Å². The van der Waals surface area contributed by atoms with Crippen LogP contribution in [0.5, 0.6) is 0 Å². The number of rotatable bonds is 4. The SMILES string of the molecule is CC(C)Nc1ccc(CNC(=S)NC(C)(C)C)cc1. The Bertz CT molecular complexity index is 404. The lowest BCUT2D eigenvalue weighted by Crippen LogP contribution is -2.45. The lowest BCUT2D eigenvalue weighted by molar-refractivity contribution is 0.506. The van der Waals surface area contributed by atoms with E-state index >= 15 is 0 Å². The fourth-order valence-electron chi connectivity index (χ4n) is 1.62. The van der Waals surface area contributed by atoms with Crippen molar-refractivity contribution in [1.82, 2.24) is 10.6 Å². The summed E-state index contributed by atoms with van der Waals surface area (Å²) < 4.78 is 0. The van der Waals surface area contributed by atoms with Crippen LogP contribution >= 0.6 is 12.2 Å². The van der Waals surface area contributed by atoms with E-state index in [2.05, 4.69) is 74.8 Å². The van der Waals surface area contributed by atoms with Crippen LogP contribution in [-0.2, 0) is 6.54 Å². The molecule has 0 spiro atoms. The molecule has 19 heavy (non-hydrogen) atoms. The van der Waals surface area contributed by atoms with Gasteiger partial charge in [-0.25, -0.2) is 0 Å². The van der Waals surface area contributed by atoms with Gasteiger partial charge in [-0.2, -0.15) is 0 Å². The summed E-state index contributed by atoms with van der Waals surface area (Å²) in [5, 5.41) is 10.5. The molecule has 0 heterocycles. The maximum atomic E-state index is 5.25. The molecule has 0 amide bonds. The van der Waals surface area contributed by atoms with Gasteiger partial charge in [0.1, 0.15) is 0 Å². The van der Waals surface area contributed by atoms with E-state index in [-0.39, 0.29) is 5.54 Å². The summed E-state index contributed by atoms with van der Waals surface area (Å²) in [6.45, 7) is 11.3. The first-order valence-electron chi connectivity index (χ1n) is 6.68. The molecule has 0 atom stereocenters. The van der Waals surface area contributed by atoms with Gasteiger partial charge in [-0.15, -0.1) is 0 Å². The van der Waals surface area contributed by atoms with Crippen molar-refractivity contribution in [2.45, 2.75) is 52.7 Å². The van der Waals surface area contributed by atoms with Gasteiger partial charge in [0.25, 0.3) is 0 Å². The van der Waals surface area contributed by atoms with Crippen LogP contribution in [0.15, 0.2) is 24.3 Å². The van der Waals surface area contributed by atoms with Crippen molar-refractivity contribution < 1.29 is 0 Å². The molecule has 3 N–H and O–H groups in total. The van der Waals surface area contributed by atoms with Crippen LogP contribution in [0.3, 0.4) is 0 Å². The smallest absolute Gasteiger partial charge is 0.166 e. The van der Waals surface area contributed by atoms with Crippen molar-refractivity contribution in [3.05, 3.63) is 29.8 Å². The molecule has 0 aromatic heterocycles. The van der Waals surface area contributed by atoms with Gasteiger partial charge in [0.15, 0.2) is 5.11 Å². The fraction of sp³-hybridized carbons (Fsp3) is 0.533. The van der Waals surface area contributed by atoms with Crippen LogP contribution in [0.2, 0.25) is 0 Å². The van der Waals surface area contributed by atoms with Crippen LogP contribution in [0.1, 0.15) is 40.2 Å². The molecular weight excluding hydrogens is 254 g/mol. The molecule has 0 unspecified atom stereocenters. The Labute approximate surface area is 122 Å². The Morgan fingerprint density at radius 3 is 2.21 bits per heavy atom. The maximum absolute atomic E-state index is 5.25. The highest BCUT2D eigenvalue weighted by Gasteiger charge is 2.10. The third-order valence-corrected chi connectivity index (χ3v) is 2.60. The van der Waals surface area contributed by atoms with Crippen molar-refractivity contribution in [3.8, 4) is 0 Å². The number of nitrogens with one attached hydrogen (secondary N) is 3. The first-order chi connectivity index (χ1) is 8.76. The first-order valence-corrected chi connectivity index (χ1v) is 7.08. The molecule has 0 aliphatic carbocycles. The minimum absolute atomic E-state index is 0.00484. The van der Waals surface area contributed by atoms with E-state index in [0.717, 1.165) is 12.2 Å². The topological polar surface area (TPSA) is 36.1 Å². The number of benzene rings is 1. The van der Waals surface area contributed by atoms with Crippen LogP contribution in [-0.4, -0.2) is 16.7 Å². The first kappa shape index (κ1) is 15.8. The highest BCUT2D eigenvalue weighted by Crippen LogP contribution is 2.10. The zero-order valence-corrected chi connectivity index (χ0v) is 13.3. The average Bonchev–Trinajstić information content (AvgIpc) is 2.25. The Morgan fingerprint density at radius 2 is 1.74 bits per heavy atom. The molecule has 0 saturated carbocycles. The summed E-state index contributed by atoms with van der Waals surface area (Å²) >= 11 is 5.25. The van der Waals surface area contributed by atoms with E-state index in [4.69, 9.17) is 12.2 Å². The van der Waals surface area contributed by atoms with Gasteiger partial charge < -0.3 is 16.0 Å². The summed E-state index contributed by atoms with van der Waals surface area (Å²) in [4.78, 5) is 0. The Balaban J connectivity index is 2.44. The lowest BCUT2D eigenvalue weighted by atomic mass is 10.1. The maximum Gasteiger partial charge on any atom is 0.166 e. The van der Waals surface area contributed by atoms with Crippen molar-refractivity contribution in [2.75, 3.05) is 5.32 Å². The van der Waals surface area contributed by atoms with Crippen LogP contribution < -0.4 is 16.0 Å². The monoisotopic (exact) mass is 279 g/mol. The van der Waals surface area contributed by atoms with Gasteiger partial charge in [-0.3, -0.25) is 0 Å². The average molecular weight is 279 g/mol. The molecule has 1 rings (SSSR count). The van der Waals surface area contributed by atoms with Gasteiger partial charge in [0.05, 0.1) is 0 Å². The van der Waals surface area contributed by atoms with Crippen molar-refractivity contribution in [2.24, 2.45) is 0 Å². The fourth-order valence-corrected chi connectivity index (χ4v) is 2.00. The molecule has 1 aromatic rings. The second-order valence-electron chi connectivity index (χ2n) is 6.05. The van der Waals surface area contributed by atoms with E-state index in [1.165, 1.54) is 5.56 Å². The predicted molar refractivity (Wildman–Crippen MR) is 87.5 cm³/mol. The standard InChI is InChI=1S/C15H25N3S/c1-11(2)17-13-8-6-12(7-9-13)10-16-14(19)18-15(3,4)5/h6-9,11,17H,10H2,1-5H3,(H2,16,18,19). The molecule has 0 bridgehead atoms. The minimum atomic E-state index is -0.00484. The third kappa shape index (κ3) is 7.01. The highest BCUT2D eigenvalue weighted by atomic mass is 32.1. The molecule has 0 aliphatic rings. The van der Waals surface area contributed by atoms with Gasteiger partial charge in [-0.05, 0) is 64.5 Å². The van der Waals surface area contributed by atoms with Crippen LogP contribution in [0.25, 0.3) is 0 Å². The van der Waals surface area contributed by atoms with E-state index in [1.54, 1.807) is 0 Å². The van der Waals surface area contributed by atoms with Gasteiger partial charge in [0, 0.05) is 23.8 Å². The van der Waals surface area contributed by atoms with E-state index in [9.17, 15) is 0 Å².